The van der Waals surface area contributed by atoms with Crippen LogP contribution < -0.4 is 0 Å². The van der Waals surface area contributed by atoms with Crippen molar-refractivity contribution in [1.82, 2.24) is 0 Å². The number of carbonyl (C=O) groups excluding carboxylic acids is 1. The Morgan fingerprint density at radius 3 is 2.28 bits per heavy atom. The lowest BCUT2D eigenvalue weighted by molar-refractivity contribution is -0.133. The number of sulfone groups is 1. The van der Waals surface area contributed by atoms with Gasteiger partial charge in [-0.25, -0.2) is 22.0 Å². The summed E-state index contributed by atoms with van der Waals surface area (Å²) < 4.78 is 56.6. The fraction of sp³-hybridized carbons (Fsp3) is 0.167. The van der Waals surface area contributed by atoms with Crippen LogP contribution in [0.1, 0.15) is 16.7 Å². The minimum Gasteiger partial charge on any atom is -0.457 e. The second kappa shape index (κ2) is 6.07. The van der Waals surface area contributed by atoms with Crippen LogP contribution in [0.4, 0.5) is 8.78 Å². The van der Waals surface area contributed by atoms with Crippen LogP contribution in [0.15, 0.2) is 41.3 Å². The first-order chi connectivity index (χ1) is 11.7. The molecule has 0 aromatic heterocycles. The number of benzene rings is 2. The van der Waals surface area contributed by atoms with E-state index in [9.17, 15) is 22.0 Å². The van der Waals surface area contributed by atoms with Crippen LogP contribution in [0.25, 0.3) is 11.1 Å². The lowest BCUT2D eigenvalue weighted by atomic mass is 9.95. The molecule has 4 nitrogen and oxygen atoms in total. The summed E-state index contributed by atoms with van der Waals surface area (Å²) in [5.41, 5.74) is 1.64. The monoisotopic (exact) mass is 364 g/mol. The van der Waals surface area contributed by atoms with E-state index in [0.717, 1.165) is 17.9 Å². The van der Waals surface area contributed by atoms with Crippen molar-refractivity contribution in [3.8, 4) is 0 Å². The van der Waals surface area contributed by atoms with Crippen molar-refractivity contribution < 1.29 is 26.7 Å². The maximum Gasteiger partial charge on any atom is 0.339 e. The molecule has 0 saturated carbocycles. The molecular formula is C18H14F2O4S. The molecule has 130 valence electrons. The zero-order valence-corrected chi connectivity index (χ0v) is 14.3. The van der Waals surface area contributed by atoms with Gasteiger partial charge in [0.1, 0.15) is 23.1 Å². The van der Waals surface area contributed by atoms with Crippen LogP contribution in [0, 0.1) is 18.6 Å². The van der Waals surface area contributed by atoms with Gasteiger partial charge in [-0.3, -0.25) is 0 Å². The maximum atomic E-state index is 14.5. The molecule has 0 unspecified atom stereocenters. The molecule has 0 fully saturated rings. The highest BCUT2D eigenvalue weighted by molar-refractivity contribution is 7.90. The van der Waals surface area contributed by atoms with E-state index in [1.54, 1.807) is 24.3 Å². The van der Waals surface area contributed by atoms with Gasteiger partial charge < -0.3 is 4.74 Å². The normalized spacial score (nSPS) is 14.8. The molecule has 1 aliphatic rings. The maximum absolute atomic E-state index is 14.5. The third-order valence-electron chi connectivity index (χ3n) is 3.94. The standard InChI is InChI=1S/C18H14F2O4S/c1-10-3-5-11(6-4-10)17-13(9-24-18(17)21)12-7-15(20)16(8-14(12)19)25(2,22)23/h3-8H,9H2,1-2H3. The van der Waals surface area contributed by atoms with Crippen molar-refractivity contribution in [2.75, 3.05) is 12.9 Å². The van der Waals surface area contributed by atoms with Gasteiger partial charge in [0.2, 0.25) is 0 Å². The van der Waals surface area contributed by atoms with Gasteiger partial charge in [0.05, 0.1) is 5.57 Å². The van der Waals surface area contributed by atoms with Gasteiger partial charge >= 0.3 is 5.97 Å². The molecule has 7 heteroatoms. The number of halogens is 2. The molecule has 1 heterocycles. The van der Waals surface area contributed by atoms with Crippen molar-refractivity contribution in [3.63, 3.8) is 0 Å². The fourth-order valence-electron chi connectivity index (χ4n) is 2.67. The van der Waals surface area contributed by atoms with Crippen molar-refractivity contribution >= 4 is 27.0 Å². The number of carbonyl (C=O) groups is 1. The molecule has 3 rings (SSSR count). The van der Waals surface area contributed by atoms with Gasteiger partial charge in [0, 0.05) is 17.4 Å². The van der Waals surface area contributed by atoms with Gasteiger partial charge in [-0.15, -0.1) is 0 Å². The summed E-state index contributed by atoms with van der Waals surface area (Å²) in [6.07, 6.45) is 0.795. The molecule has 0 amide bonds. The fourth-order valence-corrected chi connectivity index (χ4v) is 3.40. The second-order valence-electron chi connectivity index (χ2n) is 5.83. The summed E-state index contributed by atoms with van der Waals surface area (Å²) in [6, 6.07) is 8.37. The molecule has 0 spiro atoms. The summed E-state index contributed by atoms with van der Waals surface area (Å²) in [5, 5.41) is 0. The highest BCUT2D eigenvalue weighted by Crippen LogP contribution is 2.35. The van der Waals surface area contributed by atoms with Gasteiger partial charge in [0.15, 0.2) is 9.84 Å². The number of aryl methyl sites for hydroxylation is 1. The number of ether oxygens (including phenoxy) is 1. The van der Waals surface area contributed by atoms with Gasteiger partial charge in [0.25, 0.3) is 0 Å². The number of cyclic esters (lactones) is 1. The molecule has 2 aromatic rings. The van der Waals surface area contributed by atoms with E-state index in [-0.39, 0.29) is 23.3 Å². The predicted octanol–water partition coefficient (Wildman–Crippen LogP) is 3.14. The van der Waals surface area contributed by atoms with E-state index in [1.165, 1.54) is 0 Å². The Bertz CT molecular complexity index is 1010. The first-order valence-electron chi connectivity index (χ1n) is 7.35. The third-order valence-corrected chi connectivity index (χ3v) is 5.05. The van der Waals surface area contributed by atoms with Gasteiger partial charge in [-0.2, -0.15) is 0 Å². The summed E-state index contributed by atoms with van der Waals surface area (Å²) in [6.45, 7) is 1.67. The minimum atomic E-state index is -3.91. The van der Waals surface area contributed by atoms with E-state index in [0.29, 0.717) is 11.6 Å². The number of rotatable bonds is 3. The number of esters is 1. The first kappa shape index (κ1) is 17.3. The van der Waals surface area contributed by atoms with Crippen LogP contribution in [0.5, 0.6) is 0 Å². The topological polar surface area (TPSA) is 60.4 Å². The van der Waals surface area contributed by atoms with Gasteiger partial charge in [-0.1, -0.05) is 29.8 Å². The Hall–Kier alpha value is -2.54. The predicted molar refractivity (Wildman–Crippen MR) is 88.4 cm³/mol. The largest absolute Gasteiger partial charge is 0.457 e. The van der Waals surface area contributed by atoms with Crippen molar-refractivity contribution in [2.24, 2.45) is 0 Å². The van der Waals surface area contributed by atoms with E-state index in [1.807, 2.05) is 6.92 Å². The van der Waals surface area contributed by atoms with E-state index in [4.69, 9.17) is 4.74 Å². The molecular weight excluding hydrogens is 350 g/mol. The van der Waals surface area contributed by atoms with Crippen LogP contribution in [-0.2, 0) is 19.4 Å². The zero-order chi connectivity index (χ0) is 18.4. The highest BCUT2D eigenvalue weighted by atomic mass is 32.2. The van der Waals surface area contributed by atoms with Crippen molar-refractivity contribution in [2.45, 2.75) is 11.8 Å². The molecule has 2 aromatic carbocycles. The number of hydrogen-bond acceptors (Lipinski definition) is 4. The summed E-state index contributed by atoms with van der Waals surface area (Å²) in [5.74, 6) is -2.64. The smallest absolute Gasteiger partial charge is 0.339 e. The Morgan fingerprint density at radius 1 is 1.04 bits per heavy atom. The average molecular weight is 364 g/mol. The summed E-state index contributed by atoms with van der Waals surface area (Å²) in [7, 11) is -3.91. The zero-order valence-electron chi connectivity index (χ0n) is 13.5. The minimum absolute atomic E-state index is 0.144. The molecule has 0 atom stereocenters. The van der Waals surface area contributed by atoms with Crippen LogP contribution in [-0.4, -0.2) is 27.2 Å². The van der Waals surface area contributed by atoms with Gasteiger partial charge in [-0.05, 0) is 24.6 Å². The molecule has 25 heavy (non-hydrogen) atoms. The lowest BCUT2D eigenvalue weighted by Gasteiger charge is -2.09. The van der Waals surface area contributed by atoms with Crippen LogP contribution in [0.3, 0.4) is 0 Å². The van der Waals surface area contributed by atoms with E-state index in [2.05, 4.69) is 0 Å². The highest BCUT2D eigenvalue weighted by Gasteiger charge is 2.30. The van der Waals surface area contributed by atoms with E-state index >= 15 is 0 Å². The Morgan fingerprint density at radius 2 is 1.68 bits per heavy atom. The third kappa shape index (κ3) is 3.19. The first-order valence-corrected chi connectivity index (χ1v) is 9.24. The van der Waals surface area contributed by atoms with Crippen LogP contribution in [0.2, 0.25) is 0 Å². The quantitative estimate of drug-likeness (QED) is 0.785. The Balaban J connectivity index is 2.21. The Labute approximate surface area is 143 Å². The molecule has 0 aliphatic carbocycles. The van der Waals surface area contributed by atoms with E-state index < -0.39 is 32.3 Å². The summed E-state index contributed by atoms with van der Waals surface area (Å²) >= 11 is 0. The number of hydrogen-bond donors (Lipinski definition) is 0. The average Bonchev–Trinajstić information content (AvgIpc) is 2.90. The van der Waals surface area contributed by atoms with Crippen molar-refractivity contribution in [1.29, 1.82) is 0 Å². The molecule has 0 saturated heterocycles. The Kier molecular flexibility index (Phi) is 4.20. The molecule has 0 N–H and O–H groups in total. The lowest BCUT2D eigenvalue weighted by Crippen LogP contribution is -2.04. The molecule has 0 bridgehead atoms. The molecule has 0 radical (unpaired) electrons. The van der Waals surface area contributed by atoms with Crippen molar-refractivity contribution in [3.05, 3.63) is 64.7 Å². The SMILES string of the molecule is Cc1ccc(C2=C(c3cc(F)c(S(C)(=O)=O)cc3F)COC2=O)cc1. The second-order valence-corrected chi connectivity index (χ2v) is 7.81. The summed E-state index contributed by atoms with van der Waals surface area (Å²) in [4.78, 5) is 11.3. The van der Waals surface area contributed by atoms with Crippen LogP contribution >= 0.6 is 0 Å². The molecule has 1 aliphatic heterocycles.